The van der Waals surface area contributed by atoms with Crippen LogP contribution in [-0.2, 0) is 4.79 Å². The molecule has 4 aliphatic carbocycles. The van der Waals surface area contributed by atoms with Crippen molar-refractivity contribution in [3.63, 3.8) is 0 Å². The first kappa shape index (κ1) is 21.8. The van der Waals surface area contributed by atoms with Crippen LogP contribution in [0.2, 0.25) is 5.02 Å². The zero-order chi connectivity index (χ0) is 22.3. The second-order valence-electron chi connectivity index (χ2n) is 9.61. The van der Waals surface area contributed by atoms with Crippen molar-refractivity contribution in [2.24, 2.45) is 17.8 Å². The molecule has 0 unspecified atom stereocenters. The van der Waals surface area contributed by atoms with E-state index in [4.69, 9.17) is 11.6 Å². The van der Waals surface area contributed by atoms with E-state index in [1.54, 1.807) is 18.2 Å². The van der Waals surface area contributed by atoms with Crippen molar-refractivity contribution in [3.8, 4) is 0 Å². The van der Waals surface area contributed by atoms with Gasteiger partial charge in [0.2, 0.25) is 5.91 Å². The minimum absolute atomic E-state index is 0.00369. The molecular weight excluding hydrogens is 447 g/mol. The molecule has 0 aromatic heterocycles. The first-order chi connectivity index (χ1) is 15.4. The van der Waals surface area contributed by atoms with Crippen molar-refractivity contribution in [1.82, 2.24) is 5.32 Å². The van der Waals surface area contributed by atoms with Gasteiger partial charge in [-0.1, -0.05) is 23.7 Å². The Bertz CT molecular complexity index is 1020. The maximum atomic E-state index is 13.7. The van der Waals surface area contributed by atoms with Gasteiger partial charge in [0, 0.05) is 16.1 Å². The van der Waals surface area contributed by atoms with E-state index in [2.05, 4.69) is 10.6 Å². The molecule has 2 aromatic carbocycles. The Morgan fingerprint density at radius 3 is 2.34 bits per heavy atom. The van der Waals surface area contributed by atoms with E-state index < -0.39 is 5.82 Å². The highest BCUT2D eigenvalue weighted by Gasteiger charge is 2.51. The van der Waals surface area contributed by atoms with Gasteiger partial charge in [-0.3, -0.25) is 9.59 Å². The molecule has 168 valence electrons. The molecule has 2 aromatic rings. The Kier molecular flexibility index (Phi) is 5.93. The Labute approximate surface area is 196 Å². The van der Waals surface area contributed by atoms with Crippen LogP contribution < -0.4 is 10.6 Å². The molecule has 0 spiro atoms. The minimum atomic E-state index is -0.589. The predicted octanol–water partition coefficient (Wildman–Crippen LogP) is 5.91. The standard InChI is InChI=1S/C25H26ClFN2O2S/c26-20-6-5-18(10-21(20)27)28-24(31)19-3-1-2-4-22(19)32-14-23(30)29-25-11-15-7-16(12-25)9-17(8-15)13-25/h1-6,10,15-17H,7-9,11-14H2,(H,28,31)(H,29,30). The fraction of sp³-hybridized carbons (Fsp3) is 0.440. The third kappa shape index (κ3) is 4.53. The molecule has 4 fully saturated rings. The van der Waals surface area contributed by atoms with E-state index in [9.17, 15) is 14.0 Å². The fourth-order valence-corrected chi connectivity index (χ4v) is 7.26. The summed E-state index contributed by atoms with van der Waals surface area (Å²) in [7, 11) is 0. The van der Waals surface area contributed by atoms with Crippen LogP contribution in [0.25, 0.3) is 0 Å². The monoisotopic (exact) mass is 472 g/mol. The summed E-state index contributed by atoms with van der Waals surface area (Å²) < 4.78 is 13.7. The summed E-state index contributed by atoms with van der Waals surface area (Å²) in [6.45, 7) is 0. The van der Waals surface area contributed by atoms with Crippen LogP contribution in [0.15, 0.2) is 47.4 Å². The van der Waals surface area contributed by atoms with Gasteiger partial charge < -0.3 is 10.6 Å². The average molecular weight is 473 g/mol. The molecular formula is C25H26ClFN2O2S. The number of halogens is 2. The number of anilines is 1. The highest BCUT2D eigenvalue weighted by Crippen LogP contribution is 2.55. The number of rotatable bonds is 6. The van der Waals surface area contributed by atoms with Gasteiger partial charge in [0.1, 0.15) is 5.82 Å². The van der Waals surface area contributed by atoms with Crippen LogP contribution in [0.4, 0.5) is 10.1 Å². The fourth-order valence-electron chi connectivity index (χ4n) is 6.29. The number of hydrogen-bond acceptors (Lipinski definition) is 3. The van der Waals surface area contributed by atoms with Crippen LogP contribution in [0.3, 0.4) is 0 Å². The largest absolute Gasteiger partial charge is 0.350 e. The first-order valence-electron chi connectivity index (χ1n) is 11.2. The SMILES string of the molecule is O=C(CSc1ccccc1C(=O)Nc1ccc(Cl)c(F)c1)NC12CC3CC(CC(C3)C1)C2. The molecule has 0 aliphatic heterocycles. The molecule has 4 saturated carbocycles. The molecule has 4 bridgehead atoms. The number of amides is 2. The van der Waals surface area contributed by atoms with Gasteiger partial charge in [-0.2, -0.15) is 0 Å². The van der Waals surface area contributed by atoms with E-state index >= 15 is 0 Å². The summed E-state index contributed by atoms with van der Waals surface area (Å²) in [4.78, 5) is 26.4. The summed E-state index contributed by atoms with van der Waals surface area (Å²) in [6.07, 6.45) is 7.36. The van der Waals surface area contributed by atoms with Gasteiger partial charge in [0.25, 0.3) is 5.91 Å². The third-order valence-electron chi connectivity index (χ3n) is 7.11. The van der Waals surface area contributed by atoms with Gasteiger partial charge in [-0.15, -0.1) is 11.8 Å². The molecule has 7 heteroatoms. The van der Waals surface area contributed by atoms with Crippen molar-refractivity contribution in [3.05, 3.63) is 58.9 Å². The number of carbonyl (C=O) groups excluding carboxylic acids is 2. The predicted molar refractivity (Wildman–Crippen MR) is 126 cm³/mol. The molecule has 0 radical (unpaired) electrons. The maximum absolute atomic E-state index is 13.7. The summed E-state index contributed by atoms with van der Waals surface area (Å²) in [5.41, 5.74) is 0.772. The Balaban J connectivity index is 1.22. The van der Waals surface area contributed by atoms with E-state index in [1.807, 2.05) is 12.1 Å². The summed E-state index contributed by atoms with van der Waals surface area (Å²) >= 11 is 7.07. The summed E-state index contributed by atoms with van der Waals surface area (Å²) in [6, 6.07) is 11.3. The second kappa shape index (κ2) is 8.71. The third-order valence-corrected chi connectivity index (χ3v) is 8.49. The van der Waals surface area contributed by atoms with Crippen molar-refractivity contribution in [2.75, 3.05) is 11.1 Å². The molecule has 0 saturated heterocycles. The maximum Gasteiger partial charge on any atom is 0.256 e. The highest BCUT2D eigenvalue weighted by atomic mass is 35.5. The van der Waals surface area contributed by atoms with E-state index in [-0.39, 0.29) is 28.1 Å². The van der Waals surface area contributed by atoms with Gasteiger partial charge >= 0.3 is 0 Å². The van der Waals surface area contributed by atoms with Crippen LogP contribution in [0, 0.1) is 23.6 Å². The van der Waals surface area contributed by atoms with Crippen molar-refractivity contribution >= 4 is 40.9 Å². The van der Waals surface area contributed by atoms with Crippen LogP contribution in [-0.4, -0.2) is 23.1 Å². The number of hydrogen-bond donors (Lipinski definition) is 2. The molecule has 2 N–H and O–H groups in total. The first-order valence-corrected chi connectivity index (χ1v) is 12.5. The quantitative estimate of drug-likeness (QED) is 0.514. The van der Waals surface area contributed by atoms with Gasteiger partial charge in [0.15, 0.2) is 0 Å². The normalized spacial score (nSPS) is 27.9. The molecule has 0 atom stereocenters. The summed E-state index contributed by atoms with van der Waals surface area (Å²) in [5.74, 6) is 1.68. The molecule has 2 amide bonds. The molecule has 4 nitrogen and oxygen atoms in total. The Morgan fingerprint density at radius 1 is 1.03 bits per heavy atom. The van der Waals surface area contributed by atoms with Crippen LogP contribution in [0.1, 0.15) is 48.9 Å². The van der Waals surface area contributed by atoms with Gasteiger partial charge in [0.05, 0.1) is 16.3 Å². The van der Waals surface area contributed by atoms with Crippen molar-refractivity contribution < 1.29 is 14.0 Å². The Morgan fingerprint density at radius 2 is 1.69 bits per heavy atom. The minimum Gasteiger partial charge on any atom is -0.350 e. The van der Waals surface area contributed by atoms with Gasteiger partial charge in [-0.05, 0) is 86.6 Å². The highest BCUT2D eigenvalue weighted by molar-refractivity contribution is 8.00. The van der Waals surface area contributed by atoms with Gasteiger partial charge in [-0.25, -0.2) is 4.39 Å². The Hall–Kier alpha value is -2.05. The molecule has 0 heterocycles. The topological polar surface area (TPSA) is 58.2 Å². The lowest BCUT2D eigenvalue weighted by molar-refractivity contribution is -0.124. The lowest BCUT2D eigenvalue weighted by atomic mass is 9.53. The zero-order valence-corrected chi connectivity index (χ0v) is 19.3. The number of benzene rings is 2. The van der Waals surface area contributed by atoms with Crippen molar-refractivity contribution in [1.29, 1.82) is 0 Å². The van der Waals surface area contributed by atoms with Crippen LogP contribution in [0.5, 0.6) is 0 Å². The van der Waals surface area contributed by atoms with Crippen molar-refractivity contribution in [2.45, 2.75) is 49.0 Å². The molecule has 6 rings (SSSR count). The lowest BCUT2D eigenvalue weighted by Gasteiger charge is -2.56. The van der Waals surface area contributed by atoms with E-state index in [0.29, 0.717) is 11.3 Å². The van der Waals surface area contributed by atoms with E-state index in [0.717, 1.165) is 41.9 Å². The number of thioether (sulfide) groups is 1. The summed E-state index contributed by atoms with van der Waals surface area (Å²) in [5, 5.41) is 6.09. The number of nitrogens with one attached hydrogen (secondary N) is 2. The lowest BCUT2D eigenvalue weighted by Crippen LogP contribution is -2.60. The molecule has 4 aliphatic rings. The average Bonchev–Trinajstić information content (AvgIpc) is 2.74. The zero-order valence-electron chi connectivity index (χ0n) is 17.7. The van der Waals surface area contributed by atoms with E-state index in [1.165, 1.54) is 43.2 Å². The van der Waals surface area contributed by atoms with Crippen LogP contribution >= 0.6 is 23.4 Å². The second-order valence-corrected chi connectivity index (χ2v) is 11.0. The smallest absolute Gasteiger partial charge is 0.256 e. The number of carbonyl (C=O) groups is 2. The molecule has 32 heavy (non-hydrogen) atoms.